The van der Waals surface area contributed by atoms with E-state index < -0.39 is 36.2 Å². The minimum absolute atomic E-state index is 0.218. The van der Waals surface area contributed by atoms with Crippen LogP contribution in [0.25, 0.3) is 0 Å². The van der Waals surface area contributed by atoms with E-state index in [0.717, 1.165) is 11.0 Å². The highest BCUT2D eigenvalue weighted by atomic mass is 16.7. The minimum Gasteiger partial charge on any atom is -0.465 e. The average Bonchev–Trinajstić information content (AvgIpc) is 2.81. The summed E-state index contributed by atoms with van der Waals surface area (Å²) in [7, 11) is -0.449. The Hall–Kier alpha value is -1.86. The normalized spacial score (nSPS) is 17.8. The van der Waals surface area contributed by atoms with Crippen LogP contribution in [0.2, 0.25) is 0 Å². The fraction of sp³-hybridized carbons (Fsp3) is 0.600. The molecule has 0 aromatic heterocycles. The fourth-order valence-electron chi connectivity index (χ4n) is 2.77. The number of benzene rings is 1. The number of hydrogen-bond donors (Lipinski definition) is 0. The molecule has 1 saturated heterocycles. The number of hydrogen-bond acceptors (Lipinski definition) is 6. The topological polar surface area (TPSA) is 71.1 Å². The molecule has 6 nitrogen and oxygen atoms in total. The minimum atomic E-state index is -0.965. The molecule has 0 radical (unpaired) electrons. The van der Waals surface area contributed by atoms with Gasteiger partial charge < -0.3 is 18.8 Å². The van der Waals surface area contributed by atoms with Gasteiger partial charge >= 0.3 is 19.1 Å². The highest BCUT2D eigenvalue weighted by molar-refractivity contribution is 6.62. The van der Waals surface area contributed by atoms with E-state index in [2.05, 4.69) is 0 Å². The quantitative estimate of drug-likeness (QED) is 0.413. The van der Waals surface area contributed by atoms with Crippen molar-refractivity contribution in [1.29, 1.82) is 0 Å². The Balaban J connectivity index is 2.11. The molecule has 1 aromatic rings. The van der Waals surface area contributed by atoms with Crippen LogP contribution < -0.4 is 5.46 Å². The molecule has 7 heteroatoms. The van der Waals surface area contributed by atoms with E-state index in [1.54, 1.807) is 13.8 Å². The lowest BCUT2D eigenvalue weighted by atomic mass is 9.78. The van der Waals surface area contributed by atoms with Crippen molar-refractivity contribution in [3.8, 4) is 0 Å². The molecular formula is C20H29BO6. The van der Waals surface area contributed by atoms with Crippen LogP contribution in [-0.2, 0) is 34.8 Å². The first-order valence-corrected chi connectivity index (χ1v) is 9.39. The average molecular weight is 376 g/mol. The van der Waals surface area contributed by atoms with E-state index >= 15 is 0 Å². The largest absolute Gasteiger partial charge is 0.494 e. The number of esters is 2. The first-order valence-electron chi connectivity index (χ1n) is 9.39. The molecule has 0 aliphatic carbocycles. The molecule has 1 aliphatic heterocycles. The highest BCUT2D eigenvalue weighted by Crippen LogP contribution is 2.36. The summed E-state index contributed by atoms with van der Waals surface area (Å²) in [6.45, 7) is 11.9. The Morgan fingerprint density at radius 1 is 0.926 bits per heavy atom. The molecule has 0 N–H and O–H groups in total. The van der Waals surface area contributed by atoms with Crippen LogP contribution in [-0.4, -0.2) is 43.5 Å². The summed E-state index contributed by atoms with van der Waals surface area (Å²) in [6, 6.07) is 7.52. The van der Waals surface area contributed by atoms with Gasteiger partial charge in [-0.15, -0.1) is 0 Å². The van der Waals surface area contributed by atoms with Crippen LogP contribution in [0.4, 0.5) is 0 Å². The molecule has 0 unspecified atom stereocenters. The Bertz CT molecular complexity index is 634. The van der Waals surface area contributed by atoms with Gasteiger partial charge in [-0.05, 0) is 59.0 Å². The van der Waals surface area contributed by atoms with Crippen molar-refractivity contribution in [3.05, 3.63) is 29.8 Å². The monoisotopic (exact) mass is 376 g/mol. The molecule has 1 heterocycles. The highest BCUT2D eigenvalue weighted by Gasteiger charge is 2.51. The Labute approximate surface area is 161 Å². The molecular weight excluding hydrogens is 347 g/mol. The van der Waals surface area contributed by atoms with E-state index in [0.29, 0.717) is 0 Å². The third-order valence-electron chi connectivity index (χ3n) is 5.09. The zero-order valence-corrected chi connectivity index (χ0v) is 17.0. The molecule has 2 rings (SSSR count). The van der Waals surface area contributed by atoms with Crippen molar-refractivity contribution in [2.45, 2.75) is 59.2 Å². The van der Waals surface area contributed by atoms with Crippen LogP contribution in [0.1, 0.15) is 47.1 Å². The van der Waals surface area contributed by atoms with Crippen molar-refractivity contribution in [2.75, 3.05) is 13.2 Å². The van der Waals surface area contributed by atoms with Gasteiger partial charge in [0.25, 0.3) is 0 Å². The van der Waals surface area contributed by atoms with Crippen LogP contribution in [0, 0.1) is 5.92 Å². The SMILES string of the molecule is CCOC(=O)C(Cc1ccc(B2OC(C)(C)C(C)(C)O2)cc1)C(=O)OCC. The maximum atomic E-state index is 12.1. The molecule has 0 amide bonds. The molecule has 0 spiro atoms. The second kappa shape index (κ2) is 8.44. The Morgan fingerprint density at radius 2 is 1.37 bits per heavy atom. The van der Waals surface area contributed by atoms with Gasteiger partial charge in [0.1, 0.15) is 0 Å². The molecule has 148 valence electrons. The number of carbonyl (C=O) groups excluding carboxylic acids is 2. The van der Waals surface area contributed by atoms with Crippen molar-refractivity contribution in [2.24, 2.45) is 5.92 Å². The fourth-order valence-corrected chi connectivity index (χ4v) is 2.77. The van der Waals surface area contributed by atoms with Crippen LogP contribution in [0.15, 0.2) is 24.3 Å². The molecule has 0 saturated carbocycles. The number of ether oxygens (including phenoxy) is 2. The maximum absolute atomic E-state index is 12.1. The van der Waals surface area contributed by atoms with Gasteiger partial charge in [0.2, 0.25) is 0 Å². The van der Waals surface area contributed by atoms with Gasteiger partial charge in [-0.2, -0.15) is 0 Å². The summed E-state index contributed by atoms with van der Waals surface area (Å²) in [4.78, 5) is 24.2. The molecule has 1 aromatic carbocycles. The standard InChI is InChI=1S/C20H29BO6/c1-7-24-17(22)16(18(23)25-8-2)13-14-9-11-15(12-10-14)21-26-19(3,4)20(5,6)27-21/h9-12,16H,7-8,13H2,1-6H3. The summed E-state index contributed by atoms with van der Waals surface area (Å²) in [5, 5.41) is 0. The van der Waals surface area contributed by atoms with Gasteiger partial charge in [-0.1, -0.05) is 24.3 Å². The number of rotatable bonds is 7. The second-order valence-corrected chi connectivity index (χ2v) is 7.59. The van der Waals surface area contributed by atoms with Crippen LogP contribution >= 0.6 is 0 Å². The van der Waals surface area contributed by atoms with Crippen molar-refractivity contribution in [1.82, 2.24) is 0 Å². The third-order valence-corrected chi connectivity index (χ3v) is 5.09. The summed E-state index contributed by atoms with van der Waals surface area (Å²) in [5.74, 6) is -2.09. The molecule has 27 heavy (non-hydrogen) atoms. The lowest BCUT2D eigenvalue weighted by Gasteiger charge is -2.32. The molecule has 0 atom stereocenters. The summed E-state index contributed by atoms with van der Waals surface area (Å²) < 4.78 is 22.1. The van der Waals surface area contributed by atoms with Crippen molar-refractivity contribution < 1.29 is 28.4 Å². The predicted octanol–water partition coefficient (Wildman–Crippen LogP) is 2.27. The van der Waals surface area contributed by atoms with E-state index in [9.17, 15) is 9.59 Å². The van der Waals surface area contributed by atoms with Gasteiger partial charge in [0, 0.05) is 0 Å². The Kier molecular flexibility index (Phi) is 6.70. The van der Waals surface area contributed by atoms with Crippen LogP contribution in [0.3, 0.4) is 0 Å². The molecule has 1 aliphatic rings. The lowest BCUT2D eigenvalue weighted by Crippen LogP contribution is -2.41. The van der Waals surface area contributed by atoms with Gasteiger partial charge in [0.15, 0.2) is 5.92 Å². The first-order chi connectivity index (χ1) is 12.6. The van der Waals surface area contributed by atoms with Gasteiger partial charge in [0.05, 0.1) is 24.4 Å². The predicted molar refractivity (Wildman–Crippen MR) is 103 cm³/mol. The molecule has 1 fully saturated rings. The van der Waals surface area contributed by atoms with E-state index in [1.165, 1.54) is 0 Å². The summed E-state index contributed by atoms with van der Waals surface area (Å²) in [5.41, 5.74) is 0.910. The van der Waals surface area contributed by atoms with E-state index in [4.69, 9.17) is 18.8 Å². The zero-order valence-electron chi connectivity index (χ0n) is 17.0. The summed E-state index contributed by atoms with van der Waals surface area (Å²) >= 11 is 0. The first kappa shape index (κ1) is 21.4. The maximum Gasteiger partial charge on any atom is 0.494 e. The zero-order chi connectivity index (χ0) is 20.2. The number of carbonyl (C=O) groups is 2. The smallest absolute Gasteiger partial charge is 0.465 e. The van der Waals surface area contributed by atoms with Crippen molar-refractivity contribution in [3.63, 3.8) is 0 Å². The molecule has 0 bridgehead atoms. The van der Waals surface area contributed by atoms with Crippen molar-refractivity contribution >= 4 is 24.5 Å². The second-order valence-electron chi connectivity index (χ2n) is 7.59. The van der Waals surface area contributed by atoms with Gasteiger partial charge in [-0.3, -0.25) is 9.59 Å². The van der Waals surface area contributed by atoms with E-state index in [1.807, 2.05) is 52.0 Å². The summed E-state index contributed by atoms with van der Waals surface area (Å²) in [6.07, 6.45) is 0.224. The lowest BCUT2D eigenvalue weighted by molar-refractivity contribution is -0.161. The van der Waals surface area contributed by atoms with Crippen LogP contribution in [0.5, 0.6) is 0 Å². The van der Waals surface area contributed by atoms with E-state index in [-0.39, 0.29) is 19.6 Å². The third kappa shape index (κ3) is 4.90. The Morgan fingerprint density at radius 3 is 1.78 bits per heavy atom. The van der Waals surface area contributed by atoms with Gasteiger partial charge in [-0.25, -0.2) is 0 Å².